The van der Waals surface area contributed by atoms with E-state index in [4.69, 9.17) is 0 Å². The Morgan fingerprint density at radius 2 is 1.88 bits per heavy atom. The Morgan fingerprint density at radius 3 is 2.56 bits per heavy atom. The molecule has 0 bridgehead atoms. The minimum Gasteiger partial charge on any atom is -0.288 e. The largest absolute Gasteiger partial charge is 0.288 e. The van der Waals surface area contributed by atoms with Gasteiger partial charge in [0.15, 0.2) is 5.78 Å². The summed E-state index contributed by atoms with van der Waals surface area (Å²) in [6, 6.07) is 7.95. The minimum absolute atomic E-state index is 0.103. The monoisotopic (exact) mass is 215 g/mol. The Balaban J connectivity index is 2.46. The van der Waals surface area contributed by atoms with Gasteiger partial charge in [-0.15, -0.1) is 0 Å². The predicted octanol–water partition coefficient (Wildman–Crippen LogP) is 2.76. The second-order valence-corrected chi connectivity index (χ2v) is 3.50. The molecule has 0 aliphatic rings. The molecule has 0 fully saturated rings. The molecule has 0 saturated carbocycles. The highest BCUT2D eigenvalue weighted by Crippen LogP contribution is 2.15. The third kappa shape index (κ3) is 1.84. The second-order valence-electron chi connectivity index (χ2n) is 3.50. The number of aryl methyl sites for hydroxylation is 1. The fourth-order valence-corrected chi connectivity index (χ4v) is 1.48. The van der Waals surface area contributed by atoms with E-state index in [0.29, 0.717) is 11.1 Å². The van der Waals surface area contributed by atoms with Crippen molar-refractivity contribution in [3.63, 3.8) is 0 Å². The van der Waals surface area contributed by atoms with Gasteiger partial charge in [0.25, 0.3) is 0 Å². The summed E-state index contributed by atoms with van der Waals surface area (Å²) >= 11 is 0. The highest BCUT2D eigenvalue weighted by molar-refractivity contribution is 6.09. The molecule has 0 aliphatic heterocycles. The summed E-state index contributed by atoms with van der Waals surface area (Å²) in [6.45, 7) is 1.64. The van der Waals surface area contributed by atoms with Crippen molar-refractivity contribution in [1.82, 2.24) is 4.98 Å². The summed E-state index contributed by atoms with van der Waals surface area (Å²) in [5.74, 6) is -0.770. The molecule has 1 heterocycles. The second kappa shape index (κ2) is 4.23. The van der Waals surface area contributed by atoms with Crippen molar-refractivity contribution < 1.29 is 9.18 Å². The molecule has 2 nitrogen and oxygen atoms in total. The van der Waals surface area contributed by atoms with Gasteiger partial charge in [0, 0.05) is 18.0 Å². The zero-order valence-corrected chi connectivity index (χ0v) is 8.77. The molecular weight excluding hydrogens is 205 g/mol. The number of rotatable bonds is 2. The lowest BCUT2D eigenvalue weighted by Crippen LogP contribution is -2.05. The first kappa shape index (κ1) is 10.5. The number of hydrogen-bond donors (Lipinski definition) is 0. The highest BCUT2D eigenvalue weighted by Gasteiger charge is 2.14. The van der Waals surface area contributed by atoms with Gasteiger partial charge >= 0.3 is 0 Å². The van der Waals surface area contributed by atoms with Crippen LogP contribution in [0, 0.1) is 12.7 Å². The number of halogens is 1. The van der Waals surface area contributed by atoms with Crippen molar-refractivity contribution in [1.29, 1.82) is 0 Å². The van der Waals surface area contributed by atoms with Crippen LogP contribution >= 0.6 is 0 Å². The van der Waals surface area contributed by atoms with E-state index in [-0.39, 0.29) is 11.3 Å². The van der Waals surface area contributed by atoms with Crippen LogP contribution in [-0.2, 0) is 0 Å². The number of carbonyl (C=O) groups excluding carboxylic acids is 1. The number of ketones is 1. The van der Waals surface area contributed by atoms with Crippen LogP contribution in [-0.4, -0.2) is 10.8 Å². The standard InChI is InChI=1S/C13H10FNO/c1-9-3-2-4-11(12(9)14)13(16)10-5-7-15-8-6-10/h2-8H,1H3. The minimum atomic E-state index is -0.454. The van der Waals surface area contributed by atoms with Gasteiger partial charge in [0.05, 0.1) is 5.56 Å². The van der Waals surface area contributed by atoms with Crippen molar-refractivity contribution in [3.05, 3.63) is 65.2 Å². The van der Waals surface area contributed by atoms with Gasteiger partial charge in [-0.25, -0.2) is 4.39 Å². The molecular formula is C13H10FNO. The molecule has 0 amide bonds. The van der Waals surface area contributed by atoms with Gasteiger partial charge < -0.3 is 0 Å². The summed E-state index contributed by atoms with van der Waals surface area (Å²) in [6.07, 6.45) is 3.03. The summed E-state index contributed by atoms with van der Waals surface area (Å²) in [5, 5.41) is 0. The number of benzene rings is 1. The molecule has 1 aromatic carbocycles. The van der Waals surface area contributed by atoms with Crippen molar-refractivity contribution in [2.24, 2.45) is 0 Å². The third-order valence-electron chi connectivity index (χ3n) is 2.38. The fraction of sp³-hybridized carbons (Fsp3) is 0.0769. The molecule has 2 aromatic rings. The van der Waals surface area contributed by atoms with E-state index >= 15 is 0 Å². The van der Waals surface area contributed by atoms with E-state index in [2.05, 4.69) is 4.98 Å². The van der Waals surface area contributed by atoms with Gasteiger partial charge in [0.2, 0.25) is 0 Å². The molecule has 16 heavy (non-hydrogen) atoms. The van der Waals surface area contributed by atoms with Gasteiger partial charge in [-0.3, -0.25) is 9.78 Å². The molecule has 80 valence electrons. The normalized spacial score (nSPS) is 10.1. The highest BCUT2D eigenvalue weighted by atomic mass is 19.1. The van der Waals surface area contributed by atoms with Gasteiger partial charge in [-0.2, -0.15) is 0 Å². The number of nitrogens with zero attached hydrogens (tertiary/aromatic N) is 1. The molecule has 0 N–H and O–H groups in total. The maximum Gasteiger partial charge on any atom is 0.196 e. The molecule has 3 heteroatoms. The van der Waals surface area contributed by atoms with Crippen LogP contribution in [0.4, 0.5) is 4.39 Å². The van der Waals surface area contributed by atoms with E-state index in [9.17, 15) is 9.18 Å². The zero-order valence-electron chi connectivity index (χ0n) is 8.77. The lowest BCUT2D eigenvalue weighted by Gasteiger charge is -2.04. The molecule has 0 atom stereocenters. The van der Waals surface area contributed by atoms with E-state index in [1.54, 1.807) is 31.2 Å². The lowest BCUT2D eigenvalue weighted by atomic mass is 10.0. The molecule has 0 aliphatic carbocycles. The number of hydrogen-bond acceptors (Lipinski definition) is 2. The smallest absolute Gasteiger partial charge is 0.196 e. The van der Waals surface area contributed by atoms with Crippen molar-refractivity contribution >= 4 is 5.78 Å². The Labute approximate surface area is 92.8 Å². The van der Waals surface area contributed by atoms with Gasteiger partial charge in [-0.1, -0.05) is 12.1 Å². The molecule has 0 spiro atoms. The first-order valence-corrected chi connectivity index (χ1v) is 4.90. The SMILES string of the molecule is Cc1cccc(C(=O)c2ccncc2)c1F. The average molecular weight is 215 g/mol. The van der Waals surface area contributed by atoms with Gasteiger partial charge in [0.1, 0.15) is 5.82 Å². The maximum absolute atomic E-state index is 13.7. The zero-order chi connectivity index (χ0) is 11.5. The third-order valence-corrected chi connectivity index (χ3v) is 2.38. The number of pyridine rings is 1. The Kier molecular flexibility index (Phi) is 2.77. The first-order valence-electron chi connectivity index (χ1n) is 4.90. The Morgan fingerprint density at radius 1 is 1.19 bits per heavy atom. The van der Waals surface area contributed by atoms with Crippen LogP contribution < -0.4 is 0 Å². The number of aromatic nitrogens is 1. The predicted molar refractivity (Wildman–Crippen MR) is 58.8 cm³/mol. The summed E-state index contributed by atoms with van der Waals surface area (Å²) in [7, 11) is 0. The van der Waals surface area contributed by atoms with Crippen molar-refractivity contribution in [2.75, 3.05) is 0 Å². The van der Waals surface area contributed by atoms with E-state index in [1.807, 2.05) is 0 Å². The molecule has 0 unspecified atom stereocenters. The summed E-state index contributed by atoms with van der Waals surface area (Å²) in [5.41, 5.74) is 1.02. The Bertz CT molecular complexity index is 523. The summed E-state index contributed by atoms with van der Waals surface area (Å²) < 4.78 is 13.7. The quantitative estimate of drug-likeness (QED) is 0.721. The van der Waals surface area contributed by atoms with Crippen LogP contribution in [0.3, 0.4) is 0 Å². The van der Waals surface area contributed by atoms with Crippen LogP contribution in [0.25, 0.3) is 0 Å². The van der Waals surface area contributed by atoms with Crippen molar-refractivity contribution in [2.45, 2.75) is 6.92 Å². The maximum atomic E-state index is 13.7. The topological polar surface area (TPSA) is 30.0 Å². The lowest BCUT2D eigenvalue weighted by molar-refractivity contribution is 0.103. The first-order chi connectivity index (χ1) is 7.70. The molecule has 2 rings (SSSR count). The molecule has 1 aromatic heterocycles. The van der Waals surface area contributed by atoms with Gasteiger partial charge in [-0.05, 0) is 30.7 Å². The fourth-order valence-electron chi connectivity index (χ4n) is 1.48. The molecule has 0 saturated heterocycles. The molecule has 0 radical (unpaired) electrons. The van der Waals surface area contributed by atoms with Crippen LogP contribution in [0.5, 0.6) is 0 Å². The van der Waals surface area contributed by atoms with Crippen LogP contribution in [0.15, 0.2) is 42.7 Å². The average Bonchev–Trinajstić information content (AvgIpc) is 2.33. The summed E-state index contributed by atoms with van der Waals surface area (Å²) in [4.78, 5) is 15.8. The van der Waals surface area contributed by atoms with E-state index < -0.39 is 5.82 Å². The van der Waals surface area contributed by atoms with E-state index in [0.717, 1.165) is 0 Å². The van der Waals surface area contributed by atoms with E-state index in [1.165, 1.54) is 18.5 Å². The van der Waals surface area contributed by atoms with Crippen LogP contribution in [0.1, 0.15) is 21.5 Å². The Hall–Kier alpha value is -2.03. The van der Waals surface area contributed by atoms with Crippen molar-refractivity contribution in [3.8, 4) is 0 Å². The van der Waals surface area contributed by atoms with Crippen LogP contribution in [0.2, 0.25) is 0 Å². The number of carbonyl (C=O) groups is 1.